The van der Waals surface area contributed by atoms with Crippen molar-refractivity contribution < 1.29 is 4.74 Å². The summed E-state index contributed by atoms with van der Waals surface area (Å²) in [6.07, 6.45) is 7.08. The molecule has 3 heteroatoms. The third-order valence-corrected chi connectivity index (χ3v) is 3.00. The standard InChI is InChI=1S/C9H13NOS/c1-2-4-10-8(3-1)6-12-7-9-5-11-9/h3-4,9H,1-2,5-7H2. The molecule has 1 atom stereocenters. The van der Waals surface area contributed by atoms with Crippen molar-refractivity contribution in [2.24, 2.45) is 4.99 Å². The number of nitrogens with zero attached hydrogens (tertiary/aromatic N) is 1. The van der Waals surface area contributed by atoms with Gasteiger partial charge in [0.25, 0.3) is 0 Å². The third kappa shape index (κ3) is 2.64. The summed E-state index contributed by atoms with van der Waals surface area (Å²) in [5.41, 5.74) is 1.24. The van der Waals surface area contributed by atoms with Crippen molar-refractivity contribution in [1.82, 2.24) is 0 Å². The first-order chi connectivity index (χ1) is 5.95. The normalized spacial score (nSPS) is 27.0. The first-order valence-electron chi connectivity index (χ1n) is 4.36. The van der Waals surface area contributed by atoms with Crippen LogP contribution in [0.15, 0.2) is 16.8 Å². The van der Waals surface area contributed by atoms with Crippen molar-refractivity contribution in [3.8, 4) is 0 Å². The van der Waals surface area contributed by atoms with Gasteiger partial charge < -0.3 is 4.74 Å². The monoisotopic (exact) mass is 183 g/mol. The molecular formula is C9H13NOS. The van der Waals surface area contributed by atoms with Crippen LogP contribution in [0.2, 0.25) is 0 Å². The van der Waals surface area contributed by atoms with Gasteiger partial charge in [0.1, 0.15) is 0 Å². The SMILES string of the molecule is C1=NC(CSCC2CO2)=CCC1. The van der Waals surface area contributed by atoms with Gasteiger partial charge in [-0.05, 0) is 12.8 Å². The van der Waals surface area contributed by atoms with Crippen LogP contribution < -0.4 is 0 Å². The molecule has 2 aliphatic rings. The Kier molecular flexibility index (Phi) is 2.84. The van der Waals surface area contributed by atoms with Crippen molar-refractivity contribution in [2.45, 2.75) is 18.9 Å². The fraction of sp³-hybridized carbons (Fsp3) is 0.667. The van der Waals surface area contributed by atoms with Gasteiger partial charge in [0, 0.05) is 23.4 Å². The summed E-state index contributed by atoms with van der Waals surface area (Å²) in [5, 5.41) is 0. The largest absolute Gasteiger partial charge is 0.372 e. The van der Waals surface area contributed by atoms with Gasteiger partial charge in [-0.25, -0.2) is 0 Å². The number of ether oxygens (including phenoxy) is 1. The number of rotatable bonds is 4. The van der Waals surface area contributed by atoms with Gasteiger partial charge >= 0.3 is 0 Å². The number of epoxide rings is 1. The van der Waals surface area contributed by atoms with Crippen LogP contribution >= 0.6 is 11.8 Å². The average molecular weight is 183 g/mol. The second-order valence-electron chi connectivity index (χ2n) is 3.05. The topological polar surface area (TPSA) is 24.9 Å². The fourth-order valence-electron chi connectivity index (χ4n) is 1.11. The summed E-state index contributed by atoms with van der Waals surface area (Å²) in [5.74, 6) is 2.18. The van der Waals surface area contributed by atoms with Crippen molar-refractivity contribution in [2.75, 3.05) is 18.1 Å². The van der Waals surface area contributed by atoms with Crippen LogP contribution in [0.4, 0.5) is 0 Å². The van der Waals surface area contributed by atoms with Crippen molar-refractivity contribution in [1.29, 1.82) is 0 Å². The summed E-state index contributed by atoms with van der Waals surface area (Å²) in [4.78, 5) is 4.32. The van der Waals surface area contributed by atoms with Gasteiger partial charge in [0.05, 0.1) is 12.7 Å². The van der Waals surface area contributed by atoms with Gasteiger partial charge in [0.2, 0.25) is 0 Å². The first-order valence-corrected chi connectivity index (χ1v) is 5.51. The predicted molar refractivity (Wildman–Crippen MR) is 52.9 cm³/mol. The highest BCUT2D eigenvalue weighted by Crippen LogP contribution is 2.19. The molecule has 2 rings (SSSR count). The Morgan fingerprint density at radius 1 is 1.58 bits per heavy atom. The third-order valence-electron chi connectivity index (χ3n) is 1.89. The van der Waals surface area contributed by atoms with E-state index in [9.17, 15) is 0 Å². The van der Waals surface area contributed by atoms with Crippen LogP contribution in [0, 0.1) is 0 Å². The Hall–Kier alpha value is -0.280. The van der Waals surface area contributed by atoms with Gasteiger partial charge in [-0.15, -0.1) is 0 Å². The molecule has 0 saturated carbocycles. The number of thioether (sulfide) groups is 1. The molecule has 2 aliphatic heterocycles. The molecule has 0 aromatic heterocycles. The summed E-state index contributed by atoms with van der Waals surface area (Å²) in [6, 6.07) is 0. The summed E-state index contributed by atoms with van der Waals surface area (Å²) >= 11 is 1.92. The molecule has 0 aromatic carbocycles. The molecule has 2 nitrogen and oxygen atoms in total. The van der Waals surface area contributed by atoms with E-state index < -0.39 is 0 Å². The molecule has 0 amide bonds. The minimum absolute atomic E-state index is 0.545. The van der Waals surface area contributed by atoms with E-state index >= 15 is 0 Å². The zero-order valence-electron chi connectivity index (χ0n) is 7.03. The molecule has 12 heavy (non-hydrogen) atoms. The summed E-state index contributed by atoms with van der Waals surface area (Å²) in [6.45, 7) is 0.968. The number of allylic oxidation sites excluding steroid dienone is 1. The Morgan fingerprint density at radius 3 is 3.17 bits per heavy atom. The van der Waals surface area contributed by atoms with Gasteiger partial charge in [-0.3, -0.25) is 4.99 Å². The maximum absolute atomic E-state index is 5.12. The van der Waals surface area contributed by atoms with E-state index in [0.717, 1.165) is 24.5 Å². The fourth-order valence-corrected chi connectivity index (χ4v) is 2.09. The quantitative estimate of drug-likeness (QED) is 0.621. The van der Waals surface area contributed by atoms with Crippen LogP contribution in [0.5, 0.6) is 0 Å². The summed E-state index contributed by atoms with van der Waals surface area (Å²) in [7, 11) is 0. The minimum Gasteiger partial charge on any atom is -0.372 e. The molecule has 1 unspecified atom stereocenters. The molecule has 0 aromatic rings. The smallest absolute Gasteiger partial charge is 0.0900 e. The van der Waals surface area contributed by atoms with E-state index in [4.69, 9.17) is 4.74 Å². The summed E-state index contributed by atoms with van der Waals surface area (Å²) < 4.78 is 5.12. The molecule has 0 radical (unpaired) electrons. The average Bonchev–Trinajstić information content (AvgIpc) is 2.90. The lowest BCUT2D eigenvalue weighted by Gasteiger charge is -2.04. The molecule has 1 saturated heterocycles. The molecule has 0 spiro atoms. The zero-order valence-corrected chi connectivity index (χ0v) is 7.85. The molecule has 0 bridgehead atoms. The van der Waals surface area contributed by atoms with E-state index in [1.807, 2.05) is 18.0 Å². The first kappa shape index (κ1) is 8.32. The van der Waals surface area contributed by atoms with Crippen LogP contribution in [-0.4, -0.2) is 30.4 Å². The van der Waals surface area contributed by atoms with Crippen molar-refractivity contribution in [3.05, 3.63) is 11.8 Å². The highest BCUT2D eigenvalue weighted by atomic mass is 32.2. The predicted octanol–water partition coefficient (Wildman–Crippen LogP) is 1.87. The van der Waals surface area contributed by atoms with Gasteiger partial charge in [-0.1, -0.05) is 6.08 Å². The van der Waals surface area contributed by atoms with E-state index in [1.165, 1.54) is 12.1 Å². The van der Waals surface area contributed by atoms with Crippen molar-refractivity contribution in [3.63, 3.8) is 0 Å². The minimum atomic E-state index is 0.545. The maximum atomic E-state index is 5.12. The zero-order chi connectivity index (χ0) is 8.23. The highest BCUT2D eigenvalue weighted by Gasteiger charge is 2.21. The van der Waals surface area contributed by atoms with Crippen LogP contribution in [0.25, 0.3) is 0 Å². The van der Waals surface area contributed by atoms with E-state index in [2.05, 4.69) is 11.1 Å². The Balaban J connectivity index is 1.64. The van der Waals surface area contributed by atoms with Crippen LogP contribution in [0.1, 0.15) is 12.8 Å². The lowest BCUT2D eigenvalue weighted by atomic mass is 10.2. The van der Waals surface area contributed by atoms with E-state index in [-0.39, 0.29) is 0 Å². The molecule has 2 heterocycles. The highest BCUT2D eigenvalue weighted by molar-refractivity contribution is 7.99. The molecule has 0 aliphatic carbocycles. The van der Waals surface area contributed by atoms with Crippen molar-refractivity contribution >= 4 is 18.0 Å². The lowest BCUT2D eigenvalue weighted by molar-refractivity contribution is 0.426. The Labute approximate surface area is 77.1 Å². The van der Waals surface area contributed by atoms with Gasteiger partial charge in [-0.2, -0.15) is 11.8 Å². The number of hydrogen-bond acceptors (Lipinski definition) is 3. The molecule has 1 fully saturated rings. The number of hydrogen-bond donors (Lipinski definition) is 0. The lowest BCUT2D eigenvalue weighted by Crippen LogP contribution is -1.95. The molecular weight excluding hydrogens is 170 g/mol. The van der Waals surface area contributed by atoms with E-state index in [1.54, 1.807) is 0 Å². The molecule has 66 valence electrons. The van der Waals surface area contributed by atoms with Crippen LogP contribution in [-0.2, 0) is 4.74 Å². The Bertz CT molecular complexity index is 209. The number of aliphatic imine (C=N–C) groups is 1. The second kappa shape index (κ2) is 4.10. The molecule has 0 N–H and O–H groups in total. The Morgan fingerprint density at radius 2 is 2.50 bits per heavy atom. The van der Waals surface area contributed by atoms with E-state index in [0.29, 0.717) is 6.10 Å². The van der Waals surface area contributed by atoms with Crippen LogP contribution in [0.3, 0.4) is 0 Å². The second-order valence-corrected chi connectivity index (χ2v) is 4.09. The maximum Gasteiger partial charge on any atom is 0.0900 e. The van der Waals surface area contributed by atoms with Gasteiger partial charge in [0.15, 0.2) is 0 Å².